The highest BCUT2D eigenvalue weighted by Gasteiger charge is 1.29. The third-order valence-electron chi connectivity index (χ3n) is 0. The number of nitrogens with one attached hydrogen (secondary N) is 1. The van der Waals surface area contributed by atoms with Gasteiger partial charge < -0.3 is 16.8 Å². The van der Waals surface area contributed by atoms with Crippen molar-refractivity contribution >= 4 is 0 Å². The average Bonchev–Trinajstić information content (AvgIpc) is 1.75. The van der Waals surface area contributed by atoms with Crippen molar-refractivity contribution in [3.8, 4) is 0 Å². The fourth-order valence-corrected chi connectivity index (χ4v) is 0. The molecule has 0 aromatic heterocycles. The van der Waals surface area contributed by atoms with Gasteiger partial charge in [0.25, 0.3) is 0 Å². The van der Waals surface area contributed by atoms with Crippen LogP contribution in [0.3, 0.4) is 0 Å². The molecule has 3 nitrogen and oxygen atoms in total. The molecule has 0 spiro atoms. The molecule has 0 fully saturated rings. The maximum atomic E-state index is 4.62. The van der Waals surface area contributed by atoms with E-state index in [0.29, 0.717) is 0 Å². The van der Waals surface area contributed by atoms with Crippen molar-refractivity contribution in [1.29, 1.82) is 0 Å². The van der Waals surface area contributed by atoms with Crippen molar-refractivity contribution in [2.75, 3.05) is 20.8 Å². The maximum Gasteiger partial charge on any atom is 0.0403 e. The maximum absolute atomic E-state index is 4.62. The summed E-state index contributed by atoms with van der Waals surface area (Å²) < 4.78 is 0. The van der Waals surface area contributed by atoms with E-state index < -0.39 is 0 Å². The molecule has 3 heteroatoms. The van der Waals surface area contributed by atoms with Crippen LogP contribution in [-0.2, 0) is 0 Å². The second-order valence-corrected chi connectivity index (χ2v) is 0.736. The Labute approximate surface area is 52.4 Å². The largest absolute Gasteiger partial charge is 0.323 e. The molecule has 0 rings (SSSR count). The Balaban J connectivity index is -0.0000000483. The molecular formula is C5H19N3. The van der Waals surface area contributed by atoms with Crippen LogP contribution >= 0.6 is 0 Å². The SMILES string of the molecule is CC.CNC.NCN. The van der Waals surface area contributed by atoms with Crippen molar-refractivity contribution in [3.63, 3.8) is 0 Å². The van der Waals surface area contributed by atoms with E-state index in [1.165, 1.54) is 0 Å². The first-order valence-corrected chi connectivity index (χ1v) is 2.82. The highest BCUT2D eigenvalue weighted by Crippen LogP contribution is 1.14. The summed E-state index contributed by atoms with van der Waals surface area (Å²) in [5.41, 5.74) is 9.25. The van der Waals surface area contributed by atoms with Crippen molar-refractivity contribution in [2.24, 2.45) is 11.5 Å². The molecule has 0 heterocycles. The Morgan fingerprint density at radius 3 is 1.12 bits per heavy atom. The van der Waals surface area contributed by atoms with E-state index in [1.54, 1.807) is 0 Å². The Morgan fingerprint density at radius 2 is 1.12 bits per heavy atom. The second-order valence-electron chi connectivity index (χ2n) is 0.736. The summed E-state index contributed by atoms with van der Waals surface area (Å²) in [6.07, 6.45) is 0. The molecular weight excluding hydrogens is 102 g/mol. The monoisotopic (exact) mass is 121 g/mol. The van der Waals surface area contributed by atoms with Crippen LogP contribution in [0, 0.1) is 0 Å². The lowest BCUT2D eigenvalue weighted by Gasteiger charge is -1.59. The Morgan fingerprint density at radius 1 is 1.12 bits per heavy atom. The van der Waals surface area contributed by atoms with Crippen LogP contribution in [0.25, 0.3) is 0 Å². The van der Waals surface area contributed by atoms with Crippen molar-refractivity contribution in [1.82, 2.24) is 5.32 Å². The van der Waals surface area contributed by atoms with Gasteiger partial charge in [0.15, 0.2) is 0 Å². The lowest BCUT2D eigenvalue weighted by molar-refractivity contribution is 1.02. The molecule has 0 radical (unpaired) electrons. The van der Waals surface area contributed by atoms with Gasteiger partial charge in [0.1, 0.15) is 0 Å². The van der Waals surface area contributed by atoms with Gasteiger partial charge >= 0.3 is 0 Å². The predicted molar refractivity (Wildman–Crippen MR) is 39.6 cm³/mol. The Hall–Kier alpha value is -0.120. The molecule has 0 atom stereocenters. The summed E-state index contributed by atoms with van der Waals surface area (Å²) in [5.74, 6) is 0. The summed E-state index contributed by atoms with van der Waals surface area (Å²) >= 11 is 0. The molecule has 0 aromatic carbocycles. The van der Waals surface area contributed by atoms with Gasteiger partial charge in [-0.2, -0.15) is 0 Å². The Kier molecular flexibility index (Phi) is 132. The number of nitrogens with two attached hydrogens (primary N) is 2. The molecule has 0 amide bonds. The lowest BCUT2D eigenvalue weighted by Crippen LogP contribution is -2.08. The topological polar surface area (TPSA) is 64.1 Å². The summed E-state index contributed by atoms with van der Waals surface area (Å²) in [5, 5.41) is 2.75. The fourth-order valence-electron chi connectivity index (χ4n) is 0. The van der Waals surface area contributed by atoms with E-state index >= 15 is 0 Å². The van der Waals surface area contributed by atoms with Crippen LogP contribution in [0.4, 0.5) is 0 Å². The normalized spacial score (nSPS) is 5.25. The van der Waals surface area contributed by atoms with Crippen molar-refractivity contribution < 1.29 is 0 Å². The summed E-state index contributed by atoms with van der Waals surface area (Å²) in [7, 11) is 3.75. The van der Waals surface area contributed by atoms with E-state index in [9.17, 15) is 0 Å². The minimum Gasteiger partial charge on any atom is -0.323 e. The highest BCUT2D eigenvalue weighted by molar-refractivity contribution is 3.94. The number of hydrogen-bond acceptors (Lipinski definition) is 3. The van der Waals surface area contributed by atoms with E-state index in [1.807, 2.05) is 27.9 Å². The van der Waals surface area contributed by atoms with E-state index in [2.05, 4.69) is 16.8 Å². The van der Waals surface area contributed by atoms with E-state index in [4.69, 9.17) is 0 Å². The van der Waals surface area contributed by atoms with Crippen LogP contribution in [0.15, 0.2) is 0 Å². The molecule has 0 aliphatic carbocycles. The van der Waals surface area contributed by atoms with Gasteiger partial charge in [0, 0.05) is 6.67 Å². The fraction of sp³-hybridized carbons (Fsp3) is 1.00. The van der Waals surface area contributed by atoms with Gasteiger partial charge in [-0.1, -0.05) is 13.8 Å². The minimum atomic E-state index is 0.250. The molecule has 5 N–H and O–H groups in total. The smallest absolute Gasteiger partial charge is 0.0403 e. The van der Waals surface area contributed by atoms with Gasteiger partial charge in [-0.25, -0.2) is 0 Å². The number of rotatable bonds is 0. The third-order valence-corrected chi connectivity index (χ3v) is 0. The number of hydrogen-bond donors (Lipinski definition) is 3. The van der Waals surface area contributed by atoms with Gasteiger partial charge in [-0.05, 0) is 14.1 Å². The molecule has 0 aliphatic rings. The molecule has 0 saturated heterocycles. The summed E-state index contributed by atoms with van der Waals surface area (Å²) in [4.78, 5) is 0. The zero-order chi connectivity index (χ0) is 7.41. The minimum absolute atomic E-state index is 0.250. The predicted octanol–water partition coefficient (Wildman–Crippen LogP) is -0.277. The molecule has 8 heavy (non-hydrogen) atoms. The third kappa shape index (κ3) is 9720. The molecule has 54 valence electrons. The van der Waals surface area contributed by atoms with Crippen molar-refractivity contribution in [3.05, 3.63) is 0 Å². The van der Waals surface area contributed by atoms with Crippen molar-refractivity contribution in [2.45, 2.75) is 13.8 Å². The van der Waals surface area contributed by atoms with Gasteiger partial charge in [0.2, 0.25) is 0 Å². The quantitative estimate of drug-likeness (QED) is 0.386. The first-order chi connectivity index (χ1) is 3.83. The van der Waals surface area contributed by atoms with E-state index in [-0.39, 0.29) is 6.67 Å². The van der Waals surface area contributed by atoms with Crippen LogP contribution in [-0.4, -0.2) is 20.8 Å². The molecule has 0 aliphatic heterocycles. The van der Waals surface area contributed by atoms with Gasteiger partial charge in [-0.15, -0.1) is 0 Å². The van der Waals surface area contributed by atoms with E-state index in [0.717, 1.165) is 0 Å². The Bertz CT molecular complexity index is 9.64. The van der Waals surface area contributed by atoms with Gasteiger partial charge in [-0.3, -0.25) is 0 Å². The first kappa shape index (κ1) is 15.7. The molecule has 0 aromatic rings. The van der Waals surface area contributed by atoms with Crippen LogP contribution in [0.5, 0.6) is 0 Å². The standard InChI is InChI=1S/C2H7N.C2H6.CH6N2/c1-3-2;1-2;2-1-3/h3H,1-2H3;1-2H3;1-3H2. The summed E-state index contributed by atoms with van der Waals surface area (Å²) in [6.45, 7) is 4.25. The van der Waals surface area contributed by atoms with Gasteiger partial charge in [0.05, 0.1) is 0 Å². The lowest BCUT2D eigenvalue weighted by atomic mass is 11.0. The van der Waals surface area contributed by atoms with Crippen LogP contribution in [0.1, 0.15) is 13.8 Å². The zero-order valence-corrected chi connectivity index (χ0v) is 6.36. The second kappa shape index (κ2) is 67.3. The summed E-state index contributed by atoms with van der Waals surface area (Å²) in [6, 6.07) is 0. The highest BCUT2D eigenvalue weighted by atomic mass is 14.7. The van der Waals surface area contributed by atoms with Crippen LogP contribution in [0.2, 0.25) is 0 Å². The van der Waals surface area contributed by atoms with Crippen LogP contribution < -0.4 is 16.8 Å². The molecule has 0 bridgehead atoms. The average molecular weight is 121 g/mol. The first-order valence-electron chi connectivity index (χ1n) is 2.82. The molecule has 0 unspecified atom stereocenters. The zero-order valence-electron chi connectivity index (χ0n) is 6.36. The molecule has 0 saturated carbocycles.